The molecule has 88 valence electrons. The molecule has 2 aliphatic rings. The van der Waals surface area contributed by atoms with E-state index in [4.69, 9.17) is 14.2 Å². The first-order valence-electron chi connectivity index (χ1n) is 4.62. The molecule has 2 aliphatic heterocycles. The van der Waals surface area contributed by atoms with E-state index in [1.54, 1.807) is 0 Å². The average molecular weight is 386 g/mol. The summed E-state index contributed by atoms with van der Waals surface area (Å²) in [6.45, 7) is 5.82. The first-order chi connectivity index (χ1) is 6.18. The van der Waals surface area contributed by atoms with Gasteiger partial charge in [0, 0.05) is 0 Å². The Morgan fingerprint density at radius 1 is 1.33 bits per heavy atom. The second-order valence-corrected chi connectivity index (χ2v) is 3.66. The van der Waals surface area contributed by atoms with Gasteiger partial charge in [0.1, 0.15) is 0 Å². The maximum absolute atomic E-state index is 9.50. The van der Waals surface area contributed by atoms with Gasteiger partial charge in [-0.2, -0.15) is 6.61 Å². The monoisotopic (exact) mass is 386 g/mol. The zero-order chi connectivity index (χ0) is 9.42. The SMILES string of the molecule is CC1OCC2O[CH-]C(O)C(C)C2O1.[CH3-].[W+2]. The molecule has 5 atom stereocenters. The predicted octanol–water partition coefficient (Wildman–Crippen LogP) is 0.753. The quantitative estimate of drug-likeness (QED) is 0.625. The van der Waals surface area contributed by atoms with Crippen molar-refractivity contribution in [2.75, 3.05) is 6.61 Å². The normalized spacial score (nSPS) is 44.6. The fourth-order valence-electron chi connectivity index (χ4n) is 1.75. The minimum absolute atomic E-state index is 0. The molecule has 2 heterocycles. The Bertz CT molecular complexity index is 186. The van der Waals surface area contributed by atoms with Gasteiger partial charge in [0.25, 0.3) is 0 Å². The van der Waals surface area contributed by atoms with Crippen molar-refractivity contribution in [3.63, 3.8) is 0 Å². The van der Waals surface area contributed by atoms with E-state index in [9.17, 15) is 5.11 Å². The van der Waals surface area contributed by atoms with E-state index in [0.717, 1.165) is 0 Å². The van der Waals surface area contributed by atoms with E-state index in [1.165, 1.54) is 6.61 Å². The van der Waals surface area contributed by atoms with Gasteiger partial charge < -0.3 is 26.7 Å². The Labute approximate surface area is 106 Å². The minimum atomic E-state index is -0.536. The summed E-state index contributed by atoms with van der Waals surface area (Å²) >= 11 is 0. The Hall–Kier alpha value is 0.528. The summed E-state index contributed by atoms with van der Waals surface area (Å²) in [5, 5.41) is 9.50. The number of aliphatic hydroxyl groups is 1. The minimum Gasteiger partial charge on any atom is -0.544 e. The molecule has 0 saturated carbocycles. The molecule has 5 unspecified atom stereocenters. The summed E-state index contributed by atoms with van der Waals surface area (Å²) in [4.78, 5) is 0. The molecule has 0 aromatic carbocycles. The third kappa shape index (κ3) is 3.24. The molecular weight excluding hydrogens is 368 g/mol. The fourth-order valence-corrected chi connectivity index (χ4v) is 1.75. The molecule has 0 bridgehead atoms. The van der Waals surface area contributed by atoms with E-state index in [-0.39, 0.29) is 52.9 Å². The third-order valence-corrected chi connectivity index (χ3v) is 2.66. The molecule has 0 aliphatic carbocycles. The van der Waals surface area contributed by atoms with Crippen molar-refractivity contribution in [1.82, 2.24) is 0 Å². The summed E-state index contributed by atoms with van der Waals surface area (Å²) in [6.07, 6.45) is -0.845. The van der Waals surface area contributed by atoms with Crippen molar-refractivity contribution in [2.24, 2.45) is 5.92 Å². The van der Waals surface area contributed by atoms with Crippen LogP contribution in [0.25, 0.3) is 0 Å². The van der Waals surface area contributed by atoms with Crippen LogP contribution in [0.4, 0.5) is 0 Å². The molecule has 5 heteroatoms. The van der Waals surface area contributed by atoms with Crippen LogP contribution in [0.1, 0.15) is 13.8 Å². The second kappa shape index (κ2) is 6.31. The molecule has 0 spiro atoms. The van der Waals surface area contributed by atoms with Crippen LogP contribution in [0, 0.1) is 20.0 Å². The van der Waals surface area contributed by atoms with Gasteiger partial charge in [0.15, 0.2) is 6.29 Å². The Kier molecular flexibility index (Phi) is 6.53. The van der Waals surface area contributed by atoms with E-state index < -0.39 is 6.10 Å². The largest absolute Gasteiger partial charge is 2.00 e. The van der Waals surface area contributed by atoms with Gasteiger partial charge in [0.2, 0.25) is 0 Å². The summed E-state index contributed by atoms with van der Waals surface area (Å²) in [5.74, 6) is 0.0742. The Morgan fingerprint density at radius 2 is 2.00 bits per heavy atom. The zero-order valence-electron chi connectivity index (χ0n) is 9.25. The van der Waals surface area contributed by atoms with Crippen LogP contribution in [0.3, 0.4) is 0 Å². The van der Waals surface area contributed by atoms with Gasteiger partial charge >= 0.3 is 21.1 Å². The van der Waals surface area contributed by atoms with Crippen LogP contribution in [-0.2, 0) is 35.3 Å². The zero-order valence-corrected chi connectivity index (χ0v) is 12.2. The van der Waals surface area contributed by atoms with Gasteiger partial charge in [-0.15, -0.1) is 0 Å². The molecule has 1 N–H and O–H groups in total. The first-order valence-corrected chi connectivity index (χ1v) is 4.62. The standard InChI is InChI=1S/C9H15O4.CH3.W/c1-5-7(10)3-12-8-4-11-6(2)13-9(5)8;;/h3,5-10H,4H2,1-2H3;1H3;/q2*-1;+2. The van der Waals surface area contributed by atoms with Crippen molar-refractivity contribution in [3.8, 4) is 0 Å². The average Bonchev–Trinajstić information content (AvgIpc) is 2.12. The second-order valence-electron chi connectivity index (χ2n) is 3.66. The predicted molar refractivity (Wildman–Crippen MR) is 51.0 cm³/mol. The van der Waals surface area contributed by atoms with Crippen molar-refractivity contribution < 1.29 is 40.4 Å². The first kappa shape index (κ1) is 15.5. The van der Waals surface area contributed by atoms with Crippen LogP contribution < -0.4 is 0 Å². The molecule has 0 amide bonds. The summed E-state index contributed by atoms with van der Waals surface area (Å²) in [5.41, 5.74) is 0. The molecule has 0 aromatic rings. The number of rotatable bonds is 0. The van der Waals surface area contributed by atoms with Crippen molar-refractivity contribution in [3.05, 3.63) is 14.0 Å². The van der Waals surface area contributed by atoms with Gasteiger partial charge in [0.05, 0.1) is 18.8 Å². The van der Waals surface area contributed by atoms with E-state index in [2.05, 4.69) is 0 Å². The van der Waals surface area contributed by atoms with Gasteiger partial charge in [-0.25, -0.2) is 0 Å². The molecule has 2 fully saturated rings. The van der Waals surface area contributed by atoms with E-state index >= 15 is 0 Å². The van der Waals surface area contributed by atoms with E-state index in [1.807, 2.05) is 13.8 Å². The van der Waals surface area contributed by atoms with Crippen LogP contribution in [0.2, 0.25) is 0 Å². The van der Waals surface area contributed by atoms with Crippen LogP contribution in [0.5, 0.6) is 0 Å². The molecule has 2 rings (SSSR count). The Balaban J connectivity index is 0.000000980. The molecular formula is C10H18O4W. The summed E-state index contributed by atoms with van der Waals surface area (Å²) in [6, 6.07) is 0. The Morgan fingerprint density at radius 3 is 2.67 bits per heavy atom. The number of fused-ring (bicyclic) bond motifs is 1. The number of hydrogen-bond donors (Lipinski definition) is 1. The van der Waals surface area contributed by atoms with Gasteiger partial charge in [-0.05, 0) is 18.9 Å². The van der Waals surface area contributed by atoms with Crippen molar-refractivity contribution >= 4 is 0 Å². The van der Waals surface area contributed by atoms with Crippen LogP contribution in [0.15, 0.2) is 0 Å². The van der Waals surface area contributed by atoms with Crippen molar-refractivity contribution in [1.29, 1.82) is 0 Å². The van der Waals surface area contributed by atoms with Crippen LogP contribution >= 0.6 is 0 Å². The topological polar surface area (TPSA) is 47.9 Å². The molecule has 4 nitrogen and oxygen atoms in total. The van der Waals surface area contributed by atoms with Crippen LogP contribution in [-0.4, -0.2) is 36.3 Å². The van der Waals surface area contributed by atoms with E-state index in [0.29, 0.717) is 6.61 Å². The summed E-state index contributed by atoms with van der Waals surface area (Å²) < 4.78 is 16.1. The van der Waals surface area contributed by atoms with Gasteiger partial charge in [-0.3, -0.25) is 0 Å². The molecule has 0 radical (unpaired) electrons. The molecule has 15 heavy (non-hydrogen) atoms. The smallest absolute Gasteiger partial charge is 0.544 e. The molecule has 2 saturated heterocycles. The van der Waals surface area contributed by atoms with Gasteiger partial charge in [-0.1, -0.05) is 6.92 Å². The molecule has 0 aromatic heterocycles. The number of ether oxygens (including phenoxy) is 3. The number of hydrogen-bond acceptors (Lipinski definition) is 4. The number of aliphatic hydroxyl groups excluding tert-OH is 1. The fraction of sp³-hybridized carbons (Fsp3) is 0.800. The maximum Gasteiger partial charge on any atom is 2.00 e. The summed E-state index contributed by atoms with van der Waals surface area (Å²) in [7, 11) is 0. The third-order valence-electron chi connectivity index (χ3n) is 2.66. The maximum atomic E-state index is 9.50. The van der Waals surface area contributed by atoms with Crippen molar-refractivity contribution in [2.45, 2.75) is 38.4 Å².